The Hall–Kier alpha value is -1.13. The van der Waals surface area contributed by atoms with E-state index in [0.717, 1.165) is 22.7 Å². The van der Waals surface area contributed by atoms with Crippen LogP contribution >= 0.6 is 22.9 Å². The number of alkyl halides is 1. The highest BCUT2D eigenvalue weighted by molar-refractivity contribution is 7.23. The Morgan fingerprint density at radius 3 is 3.00 bits per heavy atom. The van der Waals surface area contributed by atoms with Crippen molar-refractivity contribution in [1.82, 2.24) is 14.6 Å². The second-order valence-electron chi connectivity index (χ2n) is 3.63. The number of halogens is 1. The van der Waals surface area contributed by atoms with Crippen molar-refractivity contribution in [1.29, 1.82) is 0 Å². The SMILES string of the molecule is CCc1ccc2c(c1)sc1nnc(CCl)n12. The minimum Gasteiger partial charge on any atom is -0.268 e. The van der Waals surface area contributed by atoms with Gasteiger partial charge in [-0.05, 0) is 24.1 Å². The smallest absolute Gasteiger partial charge is 0.217 e. The Kier molecular flexibility index (Phi) is 2.33. The zero-order valence-corrected chi connectivity index (χ0v) is 10.3. The topological polar surface area (TPSA) is 30.2 Å². The summed E-state index contributed by atoms with van der Waals surface area (Å²) in [5, 5.41) is 8.19. The monoisotopic (exact) mass is 251 g/mol. The van der Waals surface area contributed by atoms with E-state index < -0.39 is 0 Å². The van der Waals surface area contributed by atoms with Crippen LogP contribution in [0.2, 0.25) is 0 Å². The third-order valence-electron chi connectivity index (χ3n) is 2.69. The van der Waals surface area contributed by atoms with Gasteiger partial charge in [0, 0.05) is 0 Å². The Morgan fingerprint density at radius 2 is 2.25 bits per heavy atom. The predicted octanol–water partition coefficient (Wildman–Crippen LogP) is 3.25. The van der Waals surface area contributed by atoms with Crippen LogP contribution in [0, 0.1) is 0 Å². The van der Waals surface area contributed by atoms with Crippen molar-refractivity contribution in [3.63, 3.8) is 0 Å². The third-order valence-corrected chi connectivity index (χ3v) is 3.93. The van der Waals surface area contributed by atoms with Crippen LogP contribution < -0.4 is 0 Å². The molecule has 0 saturated carbocycles. The number of aryl methyl sites for hydroxylation is 1. The van der Waals surface area contributed by atoms with E-state index in [1.807, 2.05) is 4.40 Å². The summed E-state index contributed by atoms with van der Waals surface area (Å²) in [7, 11) is 0. The molecule has 0 aliphatic rings. The number of thiazole rings is 1. The van der Waals surface area contributed by atoms with Crippen LogP contribution in [0.15, 0.2) is 18.2 Å². The average Bonchev–Trinajstić information content (AvgIpc) is 2.85. The molecule has 3 rings (SSSR count). The van der Waals surface area contributed by atoms with Crippen molar-refractivity contribution in [3.05, 3.63) is 29.6 Å². The van der Waals surface area contributed by atoms with E-state index in [4.69, 9.17) is 11.6 Å². The van der Waals surface area contributed by atoms with Gasteiger partial charge in [0.25, 0.3) is 0 Å². The van der Waals surface area contributed by atoms with E-state index in [-0.39, 0.29) is 0 Å². The first-order valence-corrected chi connectivity index (χ1v) is 6.50. The molecule has 0 N–H and O–H groups in total. The average molecular weight is 252 g/mol. The van der Waals surface area contributed by atoms with Crippen LogP contribution in [0.3, 0.4) is 0 Å². The lowest BCUT2D eigenvalue weighted by Gasteiger charge is -1.97. The molecule has 0 amide bonds. The van der Waals surface area contributed by atoms with Crippen molar-refractivity contribution in [2.75, 3.05) is 0 Å². The van der Waals surface area contributed by atoms with Gasteiger partial charge in [-0.25, -0.2) is 0 Å². The van der Waals surface area contributed by atoms with Crippen LogP contribution in [-0.4, -0.2) is 14.6 Å². The van der Waals surface area contributed by atoms with Gasteiger partial charge in [-0.3, -0.25) is 4.40 Å². The standard InChI is InChI=1S/C11H10ClN3S/c1-2-7-3-4-8-9(5-7)16-11-14-13-10(6-12)15(8)11/h3-5H,2,6H2,1H3. The van der Waals surface area contributed by atoms with Gasteiger partial charge in [0.1, 0.15) is 0 Å². The van der Waals surface area contributed by atoms with Gasteiger partial charge in [-0.1, -0.05) is 24.3 Å². The quantitative estimate of drug-likeness (QED) is 0.655. The lowest BCUT2D eigenvalue weighted by molar-refractivity contribution is 1.00. The fourth-order valence-corrected chi connectivity index (χ4v) is 3.06. The lowest BCUT2D eigenvalue weighted by Crippen LogP contribution is -1.89. The third kappa shape index (κ3) is 1.33. The molecule has 2 aromatic heterocycles. The first-order valence-electron chi connectivity index (χ1n) is 5.15. The fraction of sp³-hybridized carbons (Fsp3) is 0.273. The van der Waals surface area contributed by atoms with E-state index in [1.54, 1.807) is 11.3 Å². The van der Waals surface area contributed by atoms with E-state index in [0.29, 0.717) is 5.88 Å². The Morgan fingerprint density at radius 1 is 1.38 bits per heavy atom. The molecular weight excluding hydrogens is 242 g/mol. The summed E-state index contributed by atoms with van der Waals surface area (Å²) < 4.78 is 3.28. The van der Waals surface area contributed by atoms with Crippen molar-refractivity contribution in [2.24, 2.45) is 0 Å². The second-order valence-corrected chi connectivity index (χ2v) is 4.90. The summed E-state index contributed by atoms with van der Waals surface area (Å²) >= 11 is 7.50. The first-order chi connectivity index (χ1) is 7.83. The highest BCUT2D eigenvalue weighted by Crippen LogP contribution is 2.27. The second kappa shape index (κ2) is 3.71. The maximum atomic E-state index is 5.84. The summed E-state index contributed by atoms with van der Waals surface area (Å²) in [6.45, 7) is 2.16. The molecule has 0 unspecified atom stereocenters. The summed E-state index contributed by atoms with van der Waals surface area (Å²) in [4.78, 5) is 0.916. The number of hydrogen-bond donors (Lipinski definition) is 0. The Bertz CT molecular complexity index is 656. The fourth-order valence-electron chi connectivity index (χ4n) is 1.84. The molecule has 0 atom stereocenters. The van der Waals surface area contributed by atoms with Crippen LogP contribution in [0.4, 0.5) is 0 Å². The zero-order chi connectivity index (χ0) is 11.1. The number of fused-ring (bicyclic) bond motifs is 3. The van der Waals surface area contributed by atoms with Gasteiger partial charge in [0.2, 0.25) is 4.96 Å². The van der Waals surface area contributed by atoms with Gasteiger partial charge < -0.3 is 0 Å². The molecule has 0 aliphatic carbocycles. The summed E-state index contributed by atoms with van der Waals surface area (Å²) in [5.74, 6) is 1.20. The number of nitrogens with zero attached hydrogens (tertiary/aromatic N) is 3. The molecule has 0 aliphatic heterocycles. The molecule has 0 bridgehead atoms. The molecule has 2 heterocycles. The molecule has 0 radical (unpaired) electrons. The number of benzene rings is 1. The molecule has 3 aromatic rings. The van der Waals surface area contributed by atoms with E-state index in [2.05, 4.69) is 35.3 Å². The Balaban J connectivity index is 2.38. The largest absolute Gasteiger partial charge is 0.268 e. The van der Waals surface area contributed by atoms with Crippen molar-refractivity contribution >= 4 is 38.1 Å². The summed E-state index contributed by atoms with van der Waals surface area (Å²) in [6.07, 6.45) is 1.05. The number of hydrogen-bond acceptors (Lipinski definition) is 3. The van der Waals surface area contributed by atoms with Gasteiger partial charge in [0.15, 0.2) is 5.82 Å². The van der Waals surface area contributed by atoms with Crippen LogP contribution in [0.1, 0.15) is 18.3 Å². The van der Waals surface area contributed by atoms with Gasteiger partial charge in [0.05, 0.1) is 16.1 Å². The normalized spacial score (nSPS) is 11.6. The molecule has 82 valence electrons. The molecule has 3 nitrogen and oxygen atoms in total. The van der Waals surface area contributed by atoms with Crippen LogP contribution in [0.5, 0.6) is 0 Å². The molecule has 16 heavy (non-hydrogen) atoms. The summed E-state index contributed by atoms with van der Waals surface area (Å²) in [6, 6.07) is 6.48. The molecule has 1 aromatic carbocycles. The molecule has 5 heteroatoms. The van der Waals surface area contributed by atoms with E-state index in [1.165, 1.54) is 10.3 Å². The molecular formula is C11H10ClN3S. The zero-order valence-electron chi connectivity index (χ0n) is 8.77. The molecule has 0 fully saturated rings. The molecule has 0 saturated heterocycles. The summed E-state index contributed by atoms with van der Waals surface area (Å²) in [5.41, 5.74) is 2.50. The van der Waals surface area contributed by atoms with E-state index in [9.17, 15) is 0 Å². The van der Waals surface area contributed by atoms with Crippen molar-refractivity contribution in [3.8, 4) is 0 Å². The first kappa shape index (κ1) is 10.1. The maximum absolute atomic E-state index is 5.84. The van der Waals surface area contributed by atoms with Gasteiger partial charge in [-0.15, -0.1) is 21.8 Å². The van der Waals surface area contributed by atoms with Gasteiger partial charge >= 0.3 is 0 Å². The predicted molar refractivity (Wildman–Crippen MR) is 67.3 cm³/mol. The van der Waals surface area contributed by atoms with Crippen molar-refractivity contribution < 1.29 is 0 Å². The highest BCUT2D eigenvalue weighted by Gasteiger charge is 2.11. The van der Waals surface area contributed by atoms with Crippen LogP contribution in [-0.2, 0) is 12.3 Å². The minimum absolute atomic E-state index is 0.391. The lowest BCUT2D eigenvalue weighted by atomic mass is 10.2. The molecule has 0 spiro atoms. The van der Waals surface area contributed by atoms with E-state index >= 15 is 0 Å². The van der Waals surface area contributed by atoms with Crippen molar-refractivity contribution in [2.45, 2.75) is 19.2 Å². The number of aromatic nitrogens is 3. The Labute approximate surface area is 102 Å². The van der Waals surface area contributed by atoms with Gasteiger partial charge in [-0.2, -0.15) is 0 Å². The number of rotatable bonds is 2. The highest BCUT2D eigenvalue weighted by atomic mass is 35.5. The maximum Gasteiger partial charge on any atom is 0.217 e. The minimum atomic E-state index is 0.391. The van der Waals surface area contributed by atoms with Crippen LogP contribution in [0.25, 0.3) is 15.2 Å².